The molecule has 1 aromatic carbocycles. The van der Waals surface area contributed by atoms with E-state index in [2.05, 4.69) is 11.3 Å². The fraction of sp³-hybridized carbons (Fsp3) is 0.538. The highest BCUT2D eigenvalue weighted by Gasteiger charge is 2.25. The molecule has 0 amide bonds. The standard InChI is InChI=1S/C26H37F2NO4S/c1-6-22(27)12-8-19(2)25(29-34(30,31)15-7-14-32-18-26(3,4)5)21-11-13-23(28)24(16-21)33-17-20-9-10-20/h6,8,11-13,16,20,25,29H,2,7,9-10,14-15,17-18H2,1,3-5H3/b12-8-,22-6+/t25-/m1/s1. The Balaban J connectivity index is 2.16. The van der Waals surface area contributed by atoms with E-state index in [0.717, 1.165) is 12.8 Å². The van der Waals surface area contributed by atoms with Crippen LogP contribution >= 0.6 is 0 Å². The molecule has 0 bridgehead atoms. The summed E-state index contributed by atoms with van der Waals surface area (Å²) in [5, 5.41) is 0. The van der Waals surface area contributed by atoms with Gasteiger partial charge in [0.2, 0.25) is 10.0 Å². The van der Waals surface area contributed by atoms with Gasteiger partial charge in [0, 0.05) is 6.61 Å². The van der Waals surface area contributed by atoms with Crippen molar-refractivity contribution in [3.05, 3.63) is 65.8 Å². The predicted octanol–water partition coefficient (Wildman–Crippen LogP) is 6.01. The Bertz CT molecular complexity index is 993. The molecular formula is C26H37F2NO4S. The number of hydrogen-bond donors (Lipinski definition) is 1. The Kier molecular flexibility index (Phi) is 10.5. The number of rotatable bonds is 14. The largest absolute Gasteiger partial charge is 0.490 e. The smallest absolute Gasteiger partial charge is 0.212 e. The highest BCUT2D eigenvalue weighted by molar-refractivity contribution is 7.89. The van der Waals surface area contributed by atoms with Gasteiger partial charge in [0.25, 0.3) is 0 Å². The summed E-state index contributed by atoms with van der Waals surface area (Å²) in [4.78, 5) is 0. The van der Waals surface area contributed by atoms with Crippen LogP contribution in [0.3, 0.4) is 0 Å². The first kappa shape index (κ1) is 28.2. The molecule has 0 aliphatic heterocycles. The first-order valence-corrected chi connectivity index (χ1v) is 13.2. The maximum absolute atomic E-state index is 14.3. The van der Waals surface area contributed by atoms with E-state index in [-0.39, 0.29) is 16.9 Å². The molecule has 1 fully saturated rings. The summed E-state index contributed by atoms with van der Waals surface area (Å²) in [5.41, 5.74) is 0.760. The minimum atomic E-state index is -3.74. The molecule has 0 radical (unpaired) electrons. The first-order valence-electron chi connectivity index (χ1n) is 11.6. The van der Waals surface area contributed by atoms with Crippen LogP contribution in [0.25, 0.3) is 0 Å². The summed E-state index contributed by atoms with van der Waals surface area (Å²) < 4.78 is 67.4. The van der Waals surface area contributed by atoms with Crippen molar-refractivity contribution in [2.75, 3.05) is 25.6 Å². The third-order valence-corrected chi connectivity index (χ3v) is 6.52. The molecule has 0 saturated heterocycles. The van der Waals surface area contributed by atoms with Crippen molar-refractivity contribution < 1.29 is 26.7 Å². The molecule has 1 saturated carbocycles. The molecule has 8 heteroatoms. The van der Waals surface area contributed by atoms with Crippen molar-refractivity contribution in [2.45, 2.75) is 53.0 Å². The van der Waals surface area contributed by atoms with Crippen molar-refractivity contribution >= 4 is 10.0 Å². The van der Waals surface area contributed by atoms with Gasteiger partial charge in [-0.15, -0.1) is 0 Å². The van der Waals surface area contributed by atoms with Gasteiger partial charge >= 0.3 is 0 Å². The van der Waals surface area contributed by atoms with Gasteiger partial charge < -0.3 is 9.47 Å². The predicted molar refractivity (Wildman–Crippen MR) is 132 cm³/mol. The van der Waals surface area contributed by atoms with Crippen LogP contribution in [0.5, 0.6) is 5.75 Å². The van der Waals surface area contributed by atoms with E-state index >= 15 is 0 Å². The fourth-order valence-electron chi connectivity index (χ4n) is 3.01. The quantitative estimate of drug-likeness (QED) is 0.252. The third-order valence-electron chi connectivity index (χ3n) is 5.10. The van der Waals surface area contributed by atoms with Crippen molar-refractivity contribution in [1.82, 2.24) is 4.72 Å². The second-order valence-electron chi connectivity index (χ2n) is 9.86. The van der Waals surface area contributed by atoms with Crippen molar-refractivity contribution in [3.63, 3.8) is 0 Å². The summed E-state index contributed by atoms with van der Waals surface area (Å²) in [6.45, 7) is 12.8. The lowest BCUT2D eigenvalue weighted by atomic mass is 9.99. The molecule has 190 valence electrons. The van der Waals surface area contributed by atoms with Gasteiger partial charge in [-0.3, -0.25) is 0 Å². The Labute approximate surface area is 203 Å². The summed E-state index contributed by atoms with van der Waals surface area (Å²) in [6, 6.07) is 3.28. The molecule has 34 heavy (non-hydrogen) atoms. The zero-order chi connectivity index (χ0) is 25.4. The molecule has 1 atom stereocenters. The molecule has 1 aliphatic rings. The van der Waals surface area contributed by atoms with Crippen molar-refractivity contribution in [3.8, 4) is 5.75 Å². The Morgan fingerprint density at radius 3 is 2.62 bits per heavy atom. The van der Waals surface area contributed by atoms with Crippen LogP contribution in [0.4, 0.5) is 8.78 Å². The Morgan fingerprint density at radius 1 is 1.29 bits per heavy atom. The van der Waals surface area contributed by atoms with Crippen LogP contribution in [-0.2, 0) is 14.8 Å². The zero-order valence-electron chi connectivity index (χ0n) is 20.6. The lowest BCUT2D eigenvalue weighted by molar-refractivity contribution is 0.0720. The maximum atomic E-state index is 14.3. The van der Waals surface area contributed by atoms with Gasteiger partial charge in [0.15, 0.2) is 11.6 Å². The van der Waals surface area contributed by atoms with Crippen molar-refractivity contribution in [1.29, 1.82) is 0 Å². The minimum absolute atomic E-state index is 0.00360. The zero-order valence-corrected chi connectivity index (χ0v) is 21.4. The third kappa shape index (κ3) is 10.5. The highest BCUT2D eigenvalue weighted by Crippen LogP contribution is 2.32. The molecular weight excluding hydrogens is 460 g/mol. The van der Waals surface area contributed by atoms with Crippen LogP contribution in [-0.4, -0.2) is 34.0 Å². The number of allylic oxidation sites excluding steroid dienone is 3. The van der Waals surface area contributed by atoms with E-state index in [4.69, 9.17) is 9.47 Å². The van der Waals surface area contributed by atoms with Crippen LogP contribution in [0.1, 0.15) is 58.6 Å². The monoisotopic (exact) mass is 497 g/mol. The second-order valence-corrected chi connectivity index (χ2v) is 11.7. The molecule has 1 N–H and O–H groups in total. The minimum Gasteiger partial charge on any atom is -0.490 e. The average molecular weight is 498 g/mol. The maximum Gasteiger partial charge on any atom is 0.212 e. The van der Waals surface area contributed by atoms with Gasteiger partial charge in [-0.1, -0.05) is 45.6 Å². The van der Waals surface area contributed by atoms with Crippen LogP contribution < -0.4 is 9.46 Å². The number of halogens is 2. The second kappa shape index (κ2) is 12.6. The lowest BCUT2D eigenvalue weighted by Crippen LogP contribution is -2.32. The molecule has 0 spiro atoms. The molecule has 1 aliphatic carbocycles. The number of ether oxygens (including phenoxy) is 2. The summed E-state index contributed by atoms with van der Waals surface area (Å²) in [5.74, 6) is -0.672. The molecule has 1 aromatic rings. The average Bonchev–Trinajstić information content (AvgIpc) is 3.58. The van der Waals surface area contributed by atoms with Gasteiger partial charge in [-0.2, -0.15) is 0 Å². The van der Waals surface area contributed by atoms with Gasteiger partial charge in [-0.25, -0.2) is 21.9 Å². The van der Waals surface area contributed by atoms with E-state index in [0.29, 0.717) is 43.3 Å². The number of sulfonamides is 1. The van der Waals surface area contributed by atoms with Gasteiger partial charge in [0.1, 0.15) is 5.83 Å². The number of hydrogen-bond acceptors (Lipinski definition) is 4. The molecule has 0 heterocycles. The number of nitrogens with one attached hydrogen (secondary N) is 1. The Morgan fingerprint density at radius 2 is 2.00 bits per heavy atom. The topological polar surface area (TPSA) is 64.6 Å². The molecule has 5 nitrogen and oxygen atoms in total. The van der Waals surface area contributed by atoms with Crippen molar-refractivity contribution in [2.24, 2.45) is 11.3 Å². The first-order chi connectivity index (χ1) is 15.9. The fourth-order valence-corrected chi connectivity index (χ4v) is 4.27. The molecule has 0 unspecified atom stereocenters. The molecule has 0 aromatic heterocycles. The summed E-state index contributed by atoms with van der Waals surface area (Å²) in [7, 11) is -3.74. The van der Waals surface area contributed by atoms with Crippen LogP contribution in [0, 0.1) is 17.2 Å². The summed E-state index contributed by atoms with van der Waals surface area (Å²) >= 11 is 0. The van der Waals surface area contributed by atoms with Gasteiger partial charge in [0.05, 0.1) is 25.0 Å². The SMILES string of the molecule is C=C(/C=C\C(F)=C/C)[C@@H](NS(=O)(=O)CCCOCC(C)(C)C)c1ccc(F)c(OCC2CC2)c1. The Hall–Kier alpha value is -2.03. The van der Waals surface area contributed by atoms with E-state index < -0.39 is 27.7 Å². The van der Waals surface area contributed by atoms with E-state index in [1.807, 2.05) is 20.8 Å². The normalized spacial score (nSPS) is 16.1. The van der Waals surface area contributed by atoms with E-state index in [9.17, 15) is 17.2 Å². The van der Waals surface area contributed by atoms with E-state index in [1.54, 1.807) is 6.92 Å². The van der Waals surface area contributed by atoms with Crippen LogP contribution in [0.2, 0.25) is 0 Å². The van der Waals surface area contributed by atoms with E-state index in [1.165, 1.54) is 36.4 Å². The van der Waals surface area contributed by atoms with Crippen LogP contribution in [0.15, 0.2) is 54.4 Å². The summed E-state index contributed by atoms with van der Waals surface area (Å²) in [6.07, 6.45) is 6.32. The number of benzene rings is 1. The highest BCUT2D eigenvalue weighted by atomic mass is 32.2. The van der Waals surface area contributed by atoms with Gasteiger partial charge in [-0.05, 0) is 66.9 Å². The lowest BCUT2D eigenvalue weighted by Gasteiger charge is -2.21. The molecule has 2 rings (SSSR count).